The minimum atomic E-state index is 0.139. The topological polar surface area (TPSA) is 3.24 Å². The summed E-state index contributed by atoms with van der Waals surface area (Å²) >= 11 is 6.42. The lowest BCUT2D eigenvalue weighted by molar-refractivity contribution is 0.293. The highest BCUT2D eigenvalue weighted by atomic mass is 35.5. The van der Waals surface area contributed by atoms with Gasteiger partial charge in [-0.25, -0.2) is 0 Å². The summed E-state index contributed by atoms with van der Waals surface area (Å²) in [6.07, 6.45) is 8.05. The van der Waals surface area contributed by atoms with Crippen molar-refractivity contribution in [3.05, 3.63) is 82.5 Å². The van der Waals surface area contributed by atoms with Gasteiger partial charge in [0.25, 0.3) is 0 Å². The van der Waals surface area contributed by atoms with Crippen LogP contribution in [0, 0.1) is 18.3 Å². The molecule has 0 aromatic heterocycles. The summed E-state index contributed by atoms with van der Waals surface area (Å²) in [6, 6.07) is 15.2. The van der Waals surface area contributed by atoms with Gasteiger partial charge in [-0.1, -0.05) is 77.4 Å². The monoisotopic (exact) mass is 407 g/mol. The molecule has 1 aliphatic carbocycles. The molecule has 1 atom stereocenters. The van der Waals surface area contributed by atoms with E-state index in [1.807, 2.05) is 6.07 Å². The summed E-state index contributed by atoms with van der Waals surface area (Å²) in [7, 11) is 0. The Morgan fingerprint density at radius 3 is 2.03 bits per heavy atom. The SMILES string of the molecule is Cc1cc(Cl)cc(N(C2=CCC(C(C)(C)C)C=C2)c2ccc(C(C)(C)C)cc2)c1. The number of hydrogen-bond donors (Lipinski definition) is 0. The Morgan fingerprint density at radius 1 is 0.897 bits per heavy atom. The molecule has 0 amide bonds. The second-order valence-electron chi connectivity index (χ2n) is 10.3. The van der Waals surface area contributed by atoms with Gasteiger partial charge in [0.05, 0.1) is 0 Å². The van der Waals surface area contributed by atoms with Crippen molar-refractivity contribution in [2.24, 2.45) is 11.3 Å². The van der Waals surface area contributed by atoms with Crippen molar-refractivity contribution in [2.45, 2.75) is 60.3 Å². The Labute approximate surface area is 182 Å². The van der Waals surface area contributed by atoms with E-state index >= 15 is 0 Å². The van der Waals surface area contributed by atoms with E-state index in [0.717, 1.165) is 28.4 Å². The van der Waals surface area contributed by atoms with Crippen LogP contribution in [-0.2, 0) is 5.41 Å². The third-order valence-corrected chi connectivity index (χ3v) is 5.95. The zero-order valence-corrected chi connectivity index (χ0v) is 19.6. The highest BCUT2D eigenvalue weighted by Gasteiger charge is 2.25. The highest BCUT2D eigenvalue weighted by Crippen LogP contribution is 2.39. The second-order valence-corrected chi connectivity index (χ2v) is 10.8. The first-order valence-corrected chi connectivity index (χ1v) is 10.9. The van der Waals surface area contributed by atoms with Crippen molar-refractivity contribution in [1.82, 2.24) is 0 Å². The van der Waals surface area contributed by atoms with Crippen LogP contribution < -0.4 is 4.90 Å². The Morgan fingerprint density at radius 2 is 1.55 bits per heavy atom. The molecule has 0 N–H and O–H groups in total. The number of benzene rings is 2. The zero-order chi connectivity index (χ0) is 21.4. The Balaban J connectivity index is 2.04. The number of rotatable bonds is 3. The van der Waals surface area contributed by atoms with Crippen LogP contribution >= 0.6 is 11.6 Å². The van der Waals surface area contributed by atoms with E-state index in [0.29, 0.717) is 5.92 Å². The summed E-state index contributed by atoms with van der Waals surface area (Å²) in [5.41, 5.74) is 6.37. The van der Waals surface area contributed by atoms with Crippen LogP contribution in [0.25, 0.3) is 0 Å². The van der Waals surface area contributed by atoms with Gasteiger partial charge in [-0.3, -0.25) is 0 Å². The van der Waals surface area contributed by atoms with Gasteiger partial charge in [0.2, 0.25) is 0 Å². The van der Waals surface area contributed by atoms with E-state index in [-0.39, 0.29) is 10.8 Å². The molecule has 2 aromatic rings. The third-order valence-electron chi connectivity index (χ3n) is 5.73. The van der Waals surface area contributed by atoms with Crippen molar-refractivity contribution >= 4 is 23.0 Å². The van der Waals surface area contributed by atoms with Crippen molar-refractivity contribution < 1.29 is 0 Å². The predicted octanol–water partition coefficient (Wildman–Crippen LogP) is 8.59. The lowest BCUT2D eigenvalue weighted by Crippen LogP contribution is -2.23. The van der Waals surface area contributed by atoms with E-state index in [1.54, 1.807) is 0 Å². The highest BCUT2D eigenvalue weighted by molar-refractivity contribution is 6.31. The molecule has 3 rings (SSSR count). The summed E-state index contributed by atoms with van der Waals surface area (Å²) < 4.78 is 0. The molecule has 0 heterocycles. The van der Waals surface area contributed by atoms with E-state index in [9.17, 15) is 0 Å². The van der Waals surface area contributed by atoms with E-state index in [1.165, 1.54) is 11.3 Å². The number of hydrogen-bond acceptors (Lipinski definition) is 1. The zero-order valence-electron chi connectivity index (χ0n) is 18.9. The fraction of sp³-hybridized carbons (Fsp3) is 0.407. The fourth-order valence-electron chi connectivity index (χ4n) is 3.82. The average molecular weight is 408 g/mol. The summed E-state index contributed by atoms with van der Waals surface area (Å²) in [5.74, 6) is 0.553. The van der Waals surface area contributed by atoms with Gasteiger partial charge in [0.1, 0.15) is 0 Å². The molecule has 0 spiro atoms. The molecule has 1 aliphatic rings. The predicted molar refractivity (Wildman–Crippen MR) is 128 cm³/mol. The smallest absolute Gasteiger partial charge is 0.0478 e. The van der Waals surface area contributed by atoms with Crippen LogP contribution in [-0.4, -0.2) is 0 Å². The number of nitrogens with zero attached hydrogens (tertiary/aromatic N) is 1. The van der Waals surface area contributed by atoms with E-state index < -0.39 is 0 Å². The molecule has 2 aromatic carbocycles. The molecule has 0 fully saturated rings. The van der Waals surface area contributed by atoms with Crippen LogP contribution in [0.15, 0.2) is 66.4 Å². The third kappa shape index (κ3) is 5.14. The first-order chi connectivity index (χ1) is 13.4. The molecule has 1 unspecified atom stereocenters. The van der Waals surface area contributed by atoms with Crippen LogP contribution in [0.1, 0.15) is 59.1 Å². The van der Waals surface area contributed by atoms with Gasteiger partial charge < -0.3 is 4.90 Å². The fourth-order valence-corrected chi connectivity index (χ4v) is 4.10. The molecule has 2 heteroatoms. The van der Waals surface area contributed by atoms with Crippen molar-refractivity contribution in [2.75, 3.05) is 4.90 Å². The molecule has 0 radical (unpaired) electrons. The molecule has 1 nitrogen and oxygen atoms in total. The lowest BCUT2D eigenvalue weighted by atomic mass is 9.77. The normalized spacial score (nSPS) is 17.2. The first-order valence-electron chi connectivity index (χ1n) is 10.5. The number of halogens is 1. The summed E-state index contributed by atoms with van der Waals surface area (Å²) in [6.45, 7) is 15.8. The Bertz CT molecular complexity index is 900. The first kappa shape index (κ1) is 21.7. The van der Waals surface area contributed by atoms with Gasteiger partial charge in [0, 0.05) is 22.1 Å². The minimum Gasteiger partial charge on any atom is -0.311 e. The van der Waals surface area contributed by atoms with Crippen molar-refractivity contribution in [3.8, 4) is 0 Å². The molecular weight excluding hydrogens is 374 g/mol. The maximum atomic E-state index is 6.42. The second kappa shape index (κ2) is 8.03. The molecule has 29 heavy (non-hydrogen) atoms. The maximum Gasteiger partial charge on any atom is 0.0478 e. The van der Waals surface area contributed by atoms with Gasteiger partial charge in [0.15, 0.2) is 0 Å². The van der Waals surface area contributed by atoms with Crippen LogP contribution in [0.2, 0.25) is 5.02 Å². The molecule has 0 bridgehead atoms. The van der Waals surface area contributed by atoms with E-state index in [4.69, 9.17) is 11.6 Å². The van der Waals surface area contributed by atoms with Gasteiger partial charge in [-0.05, 0) is 77.6 Å². The van der Waals surface area contributed by atoms with Gasteiger partial charge in [-0.15, -0.1) is 0 Å². The molecular formula is C27H34ClN. The van der Waals surface area contributed by atoms with Gasteiger partial charge in [-0.2, -0.15) is 0 Å². The molecule has 154 valence electrons. The molecule has 0 saturated heterocycles. The minimum absolute atomic E-state index is 0.139. The Hall–Kier alpha value is -1.99. The van der Waals surface area contributed by atoms with Crippen LogP contribution in [0.5, 0.6) is 0 Å². The van der Waals surface area contributed by atoms with E-state index in [2.05, 4.69) is 108 Å². The Kier molecular flexibility index (Phi) is 6.01. The molecule has 0 aliphatic heterocycles. The summed E-state index contributed by atoms with van der Waals surface area (Å²) in [4.78, 5) is 2.32. The largest absolute Gasteiger partial charge is 0.311 e. The maximum absolute atomic E-state index is 6.42. The van der Waals surface area contributed by atoms with Crippen molar-refractivity contribution in [1.29, 1.82) is 0 Å². The lowest BCUT2D eigenvalue weighted by Gasteiger charge is -2.33. The molecule has 0 saturated carbocycles. The number of anilines is 2. The number of aryl methyl sites for hydroxylation is 1. The van der Waals surface area contributed by atoms with Crippen molar-refractivity contribution in [3.63, 3.8) is 0 Å². The average Bonchev–Trinajstić information content (AvgIpc) is 2.60. The van der Waals surface area contributed by atoms with Gasteiger partial charge >= 0.3 is 0 Å². The quantitative estimate of drug-likeness (QED) is 0.492. The van der Waals surface area contributed by atoms with Crippen LogP contribution in [0.3, 0.4) is 0 Å². The van der Waals surface area contributed by atoms with Crippen LogP contribution in [0.4, 0.5) is 11.4 Å². The number of allylic oxidation sites excluding steroid dienone is 3. The standard InChI is InChI=1S/C27H34ClN/c1-19-16-22(28)18-25(17-19)29(23-12-8-20(9-13-23)26(2,3)4)24-14-10-21(11-15-24)27(5,6)7/h8-10,12-18,21H,11H2,1-7H3. The summed E-state index contributed by atoms with van der Waals surface area (Å²) in [5, 5.41) is 0.768.